The molecule has 0 unspecified atom stereocenters. The Bertz CT molecular complexity index is 754. The Hall–Kier alpha value is -2.53. The van der Waals surface area contributed by atoms with Crippen LogP contribution in [0.1, 0.15) is 29.8 Å². The predicted molar refractivity (Wildman–Crippen MR) is 95.6 cm³/mol. The van der Waals surface area contributed by atoms with Gasteiger partial charge >= 0.3 is 0 Å². The molecule has 5 nitrogen and oxygen atoms in total. The van der Waals surface area contributed by atoms with Crippen LogP contribution < -0.4 is 20.9 Å². The Morgan fingerprint density at radius 3 is 2.29 bits per heavy atom. The maximum atomic E-state index is 12.0. The highest BCUT2D eigenvalue weighted by Crippen LogP contribution is 2.44. The summed E-state index contributed by atoms with van der Waals surface area (Å²) in [6, 6.07) is 11.1. The first kappa shape index (κ1) is 17.8. The van der Waals surface area contributed by atoms with E-state index in [2.05, 4.69) is 13.8 Å². The average molecular weight is 328 g/mol. The minimum atomic E-state index is -0.522. The summed E-state index contributed by atoms with van der Waals surface area (Å²) in [4.78, 5) is 12.0. The molecule has 0 aromatic heterocycles. The van der Waals surface area contributed by atoms with Crippen molar-refractivity contribution < 1.29 is 14.3 Å². The zero-order chi connectivity index (χ0) is 17.9. The van der Waals surface area contributed by atoms with Gasteiger partial charge in [0.2, 0.25) is 5.91 Å². The second kappa shape index (κ2) is 6.93. The first-order chi connectivity index (χ1) is 11.4. The Labute approximate surface area is 142 Å². The highest BCUT2D eigenvalue weighted by atomic mass is 16.5. The summed E-state index contributed by atoms with van der Waals surface area (Å²) in [5.74, 6) is 0.498. The number of ether oxygens (including phenoxy) is 2. The van der Waals surface area contributed by atoms with Crippen molar-refractivity contribution in [2.75, 3.05) is 20.8 Å². The second-order valence-corrected chi connectivity index (χ2v) is 6.22. The van der Waals surface area contributed by atoms with Crippen LogP contribution >= 0.6 is 0 Å². The zero-order valence-corrected chi connectivity index (χ0v) is 14.6. The number of amides is 1. The minimum absolute atomic E-state index is 0.278. The number of benzene rings is 2. The predicted octanol–water partition coefficient (Wildman–Crippen LogP) is 2.71. The van der Waals surface area contributed by atoms with Gasteiger partial charge in [0.1, 0.15) is 0 Å². The fourth-order valence-electron chi connectivity index (χ4n) is 2.80. The van der Waals surface area contributed by atoms with Crippen LogP contribution in [0.25, 0.3) is 11.1 Å². The number of carbonyl (C=O) groups is 1. The van der Waals surface area contributed by atoms with E-state index in [9.17, 15) is 4.79 Å². The summed E-state index contributed by atoms with van der Waals surface area (Å²) in [6.07, 6.45) is 0. The van der Waals surface area contributed by atoms with Gasteiger partial charge in [-0.05, 0) is 23.3 Å². The van der Waals surface area contributed by atoms with Crippen LogP contribution in [0.5, 0.6) is 11.5 Å². The highest BCUT2D eigenvalue weighted by molar-refractivity contribution is 6.02. The quantitative estimate of drug-likeness (QED) is 0.853. The summed E-state index contributed by atoms with van der Waals surface area (Å²) >= 11 is 0. The van der Waals surface area contributed by atoms with Gasteiger partial charge in [-0.1, -0.05) is 38.1 Å². The van der Waals surface area contributed by atoms with Crippen LogP contribution in [0, 0.1) is 0 Å². The second-order valence-electron chi connectivity index (χ2n) is 6.22. The third kappa shape index (κ3) is 3.08. The number of methoxy groups -OCH3 is 2. The van der Waals surface area contributed by atoms with E-state index in [4.69, 9.17) is 20.9 Å². The molecule has 0 spiro atoms. The number of primary amides is 1. The van der Waals surface area contributed by atoms with Crippen molar-refractivity contribution in [1.82, 2.24) is 0 Å². The smallest absolute Gasteiger partial charge is 0.249 e. The van der Waals surface area contributed by atoms with Gasteiger partial charge in [0.15, 0.2) is 11.5 Å². The lowest BCUT2D eigenvalue weighted by atomic mass is 9.79. The van der Waals surface area contributed by atoms with Gasteiger partial charge in [0.25, 0.3) is 0 Å². The molecule has 1 amide bonds. The summed E-state index contributed by atoms with van der Waals surface area (Å²) in [5, 5.41) is 0. The number of hydrogen-bond donors (Lipinski definition) is 2. The van der Waals surface area contributed by atoms with Crippen LogP contribution in [0.15, 0.2) is 36.4 Å². The van der Waals surface area contributed by atoms with Crippen molar-refractivity contribution in [2.24, 2.45) is 11.5 Å². The fourth-order valence-corrected chi connectivity index (χ4v) is 2.80. The van der Waals surface area contributed by atoms with Crippen molar-refractivity contribution in [2.45, 2.75) is 19.3 Å². The molecule has 0 aliphatic heterocycles. The van der Waals surface area contributed by atoms with Crippen LogP contribution in [-0.2, 0) is 5.41 Å². The number of nitrogens with two attached hydrogens (primary N) is 2. The monoisotopic (exact) mass is 328 g/mol. The molecule has 0 saturated heterocycles. The standard InChI is InChI=1S/C19H24N2O3/c1-19(2,11-20)14-8-6-5-7-12(14)16-13(18(21)22)9-10-15(23-3)17(16)24-4/h5-10H,11,20H2,1-4H3,(H2,21,22). The van der Waals surface area contributed by atoms with E-state index in [1.807, 2.05) is 24.3 Å². The van der Waals surface area contributed by atoms with Gasteiger partial charge in [-0.3, -0.25) is 4.79 Å². The maximum Gasteiger partial charge on any atom is 0.249 e. The van der Waals surface area contributed by atoms with Gasteiger partial charge in [-0.15, -0.1) is 0 Å². The topological polar surface area (TPSA) is 87.6 Å². The zero-order valence-electron chi connectivity index (χ0n) is 14.6. The molecule has 2 aromatic rings. The summed E-state index contributed by atoms with van der Waals surface area (Å²) in [6.45, 7) is 4.58. The van der Waals surface area contributed by atoms with E-state index in [1.165, 1.54) is 0 Å². The normalized spacial score (nSPS) is 11.2. The lowest BCUT2D eigenvalue weighted by Gasteiger charge is -2.27. The van der Waals surface area contributed by atoms with E-state index < -0.39 is 5.91 Å². The van der Waals surface area contributed by atoms with Crippen molar-refractivity contribution in [3.8, 4) is 22.6 Å². The molecule has 0 atom stereocenters. The number of rotatable bonds is 6. The third-order valence-electron chi connectivity index (χ3n) is 4.25. The van der Waals surface area contributed by atoms with Gasteiger partial charge in [-0.2, -0.15) is 0 Å². The van der Waals surface area contributed by atoms with E-state index in [-0.39, 0.29) is 5.41 Å². The Kier molecular flexibility index (Phi) is 5.14. The molecule has 0 bridgehead atoms. The molecule has 0 heterocycles. The largest absolute Gasteiger partial charge is 0.493 e. The van der Waals surface area contributed by atoms with Crippen LogP contribution in [-0.4, -0.2) is 26.7 Å². The molecule has 5 heteroatoms. The number of carbonyl (C=O) groups excluding carboxylic acids is 1. The molecule has 0 aliphatic carbocycles. The van der Waals surface area contributed by atoms with E-state index in [1.54, 1.807) is 26.4 Å². The van der Waals surface area contributed by atoms with E-state index in [0.717, 1.165) is 11.1 Å². The molecule has 128 valence electrons. The lowest BCUT2D eigenvalue weighted by Crippen LogP contribution is -2.29. The molecular formula is C19H24N2O3. The molecule has 24 heavy (non-hydrogen) atoms. The molecule has 2 aromatic carbocycles. The molecule has 0 radical (unpaired) electrons. The van der Waals surface area contributed by atoms with E-state index >= 15 is 0 Å². The number of hydrogen-bond acceptors (Lipinski definition) is 4. The maximum absolute atomic E-state index is 12.0. The SMILES string of the molecule is COc1ccc(C(N)=O)c(-c2ccccc2C(C)(C)CN)c1OC. The lowest BCUT2D eigenvalue weighted by molar-refractivity contribution is 0.100. The fraction of sp³-hybridized carbons (Fsp3) is 0.316. The van der Waals surface area contributed by atoms with Crippen molar-refractivity contribution in [3.63, 3.8) is 0 Å². The third-order valence-corrected chi connectivity index (χ3v) is 4.25. The summed E-state index contributed by atoms with van der Waals surface area (Å²) in [7, 11) is 3.10. The van der Waals surface area contributed by atoms with Gasteiger partial charge in [0.05, 0.1) is 19.8 Å². The van der Waals surface area contributed by atoms with Gasteiger partial charge in [0, 0.05) is 17.5 Å². The molecule has 4 N–H and O–H groups in total. The van der Waals surface area contributed by atoms with Crippen LogP contribution in [0.3, 0.4) is 0 Å². The summed E-state index contributed by atoms with van der Waals surface area (Å²) in [5.41, 5.74) is 14.2. The highest BCUT2D eigenvalue weighted by Gasteiger charge is 2.27. The Balaban J connectivity index is 2.89. The Morgan fingerprint density at radius 2 is 1.75 bits per heavy atom. The van der Waals surface area contributed by atoms with Crippen molar-refractivity contribution in [1.29, 1.82) is 0 Å². The van der Waals surface area contributed by atoms with Crippen LogP contribution in [0.2, 0.25) is 0 Å². The van der Waals surface area contributed by atoms with Crippen molar-refractivity contribution in [3.05, 3.63) is 47.5 Å². The summed E-state index contributed by atoms with van der Waals surface area (Å²) < 4.78 is 10.9. The minimum Gasteiger partial charge on any atom is -0.493 e. The van der Waals surface area contributed by atoms with E-state index in [0.29, 0.717) is 29.2 Å². The van der Waals surface area contributed by atoms with Gasteiger partial charge in [-0.25, -0.2) is 0 Å². The Morgan fingerprint density at radius 1 is 1.08 bits per heavy atom. The first-order valence-corrected chi connectivity index (χ1v) is 7.72. The molecule has 0 aliphatic rings. The van der Waals surface area contributed by atoms with Crippen LogP contribution in [0.4, 0.5) is 0 Å². The average Bonchev–Trinajstić information content (AvgIpc) is 2.60. The molecular weight excluding hydrogens is 304 g/mol. The van der Waals surface area contributed by atoms with Gasteiger partial charge < -0.3 is 20.9 Å². The molecule has 2 rings (SSSR count). The molecule has 0 saturated carbocycles. The molecule has 0 fully saturated rings. The van der Waals surface area contributed by atoms with Crippen molar-refractivity contribution >= 4 is 5.91 Å². The first-order valence-electron chi connectivity index (χ1n) is 7.72.